The lowest BCUT2D eigenvalue weighted by atomic mass is 9.68. The summed E-state index contributed by atoms with van der Waals surface area (Å²) in [6.07, 6.45) is 5.42. The van der Waals surface area contributed by atoms with Gasteiger partial charge in [0.1, 0.15) is 0 Å². The van der Waals surface area contributed by atoms with Crippen LogP contribution in [0.3, 0.4) is 0 Å². The van der Waals surface area contributed by atoms with Gasteiger partial charge in [-0.2, -0.15) is 5.10 Å². The van der Waals surface area contributed by atoms with Gasteiger partial charge in [0.25, 0.3) is 5.91 Å². The first-order chi connectivity index (χ1) is 9.78. The fourth-order valence-electron chi connectivity index (χ4n) is 4.64. The van der Waals surface area contributed by atoms with E-state index in [-0.39, 0.29) is 22.8 Å². The summed E-state index contributed by atoms with van der Waals surface area (Å²) < 4.78 is 1.71. The van der Waals surface area contributed by atoms with E-state index in [0.29, 0.717) is 23.8 Å². The second-order valence-corrected chi connectivity index (χ2v) is 7.61. The van der Waals surface area contributed by atoms with Gasteiger partial charge >= 0.3 is 0 Å². The minimum Gasteiger partial charge on any atom is -0.396 e. The summed E-state index contributed by atoms with van der Waals surface area (Å²) in [4.78, 5) is 12.6. The van der Waals surface area contributed by atoms with E-state index < -0.39 is 0 Å². The molecule has 1 heterocycles. The largest absolute Gasteiger partial charge is 0.396 e. The molecule has 3 rings (SSSR count). The van der Waals surface area contributed by atoms with E-state index >= 15 is 0 Å². The third-order valence-corrected chi connectivity index (χ3v) is 5.87. The number of rotatable bonds is 3. The molecule has 3 unspecified atom stereocenters. The van der Waals surface area contributed by atoms with Crippen molar-refractivity contribution in [3.63, 3.8) is 0 Å². The van der Waals surface area contributed by atoms with E-state index in [9.17, 15) is 4.79 Å². The van der Waals surface area contributed by atoms with Gasteiger partial charge in [-0.25, -0.2) is 0 Å². The Kier molecular flexibility index (Phi) is 3.08. The molecule has 2 bridgehead atoms. The number of fused-ring (bicyclic) bond motifs is 2. The van der Waals surface area contributed by atoms with Crippen LogP contribution in [0.1, 0.15) is 57.4 Å². The predicted octanol–water partition coefficient (Wildman–Crippen LogP) is 2.43. The van der Waals surface area contributed by atoms with Gasteiger partial charge in [0, 0.05) is 18.8 Å². The van der Waals surface area contributed by atoms with E-state index in [1.54, 1.807) is 10.9 Å². The van der Waals surface area contributed by atoms with Gasteiger partial charge in [0.15, 0.2) is 5.69 Å². The lowest BCUT2D eigenvalue weighted by molar-refractivity contribution is 0.0733. The van der Waals surface area contributed by atoms with Crippen LogP contribution in [-0.4, -0.2) is 21.7 Å². The number of nitrogens with one attached hydrogen (secondary N) is 1. The summed E-state index contributed by atoms with van der Waals surface area (Å²) in [5.74, 6) is 0.574. The minimum atomic E-state index is -0.133. The summed E-state index contributed by atoms with van der Waals surface area (Å²) in [6.45, 7) is 9.56. The highest BCUT2D eigenvalue weighted by atomic mass is 16.2. The van der Waals surface area contributed by atoms with Crippen LogP contribution in [0.4, 0.5) is 5.69 Å². The van der Waals surface area contributed by atoms with Crippen molar-refractivity contribution >= 4 is 11.6 Å². The van der Waals surface area contributed by atoms with Crippen LogP contribution in [0.5, 0.6) is 0 Å². The summed E-state index contributed by atoms with van der Waals surface area (Å²) in [5.41, 5.74) is 7.10. The second-order valence-electron chi connectivity index (χ2n) is 7.61. The van der Waals surface area contributed by atoms with Crippen molar-refractivity contribution in [2.75, 3.05) is 5.73 Å². The normalized spacial score (nSPS) is 33.3. The van der Waals surface area contributed by atoms with Crippen LogP contribution < -0.4 is 11.1 Å². The maximum absolute atomic E-state index is 12.6. The average molecular weight is 290 g/mol. The highest BCUT2D eigenvalue weighted by Gasteiger charge is 2.59. The van der Waals surface area contributed by atoms with Gasteiger partial charge in [0.05, 0.1) is 5.69 Å². The van der Waals surface area contributed by atoms with Crippen LogP contribution in [0.15, 0.2) is 6.20 Å². The standard InChI is InChI=1S/C16H26N4O/c1-5-20-9-11(17)12(19-20)13(21)18-14-15(2,3)10-6-7-16(14,4)8-10/h9-10,14H,5-8,17H2,1-4H3,(H,18,21). The molecule has 3 atom stereocenters. The van der Waals surface area contributed by atoms with Crippen LogP contribution in [0, 0.1) is 16.7 Å². The molecule has 1 aromatic heterocycles. The molecule has 0 spiro atoms. The van der Waals surface area contributed by atoms with Gasteiger partial charge in [-0.05, 0) is 42.9 Å². The number of aryl methyl sites for hydroxylation is 1. The number of hydrogen-bond acceptors (Lipinski definition) is 3. The molecule has 3 N–H and O–H groups in total. The third kappa shape index (κ3) is 2.05. The maximum Gasteiger partial charge on any atom is 0.274 e. The van der Waals surface area contributed by atoms with Crippen molar-refractivity contribution < 1.29 is 4.79 Å². The molecule has 2 fully saturated rings. The fraction of sp³-hybridized carbons (Fsp3) is 0.750. The SMILES string of the molecule is CCn1cc(N)c(C(=O)NC2C3(C)CCC(C3)C2(C)C)n1. The Bertz CT molecular complexity index is 572. The van der Waals surface area contributed by atoms with Crippen molar-refractivity contribution in [1.82, 2.24) is 15.1 Å². The second kappa shape index (κ2) is 4.49. The Morgan fingerprint density at radius 3 is 2.76 bits per heavy atom. The number of nitrogen functional groups attached to an aromatic ring is 1. The molecule has 21 heavy (non-hydrogen) atoms. The molecule has 0 saturated heterocycles. The van der Waals surface area contributed by atoms with Crippen molar-refractivity contribution in [3.05, 3.63) is 11.9 Å². The number of carbonyl (C=O) groups excluding carboxylic acids is 1. The van der Waals surface area contributed by atoms with Gasteiger partial charge in [-0.15, -0.1) is 0 Å². The molecule has 2 saturated carbocycles. The molecule has 0 aliphatic heterocycles. The van der Waals surface area contributed by atoms with Gasteiger partial charge in [-0.3, -0.25) is 9.48 Å². The smallest absolute Gasteiger partial charge is 0.274 e. The van der Waals surface area contributed by atoms with Gasteiger partial charge in [-0.1, -0.05) is 20.8 Å². The molecular weight excluding hydrogens is 264 g/mol. The van der Waals surface area contributed by atoms with E-state index in [0.717, 1.165) is 0 Å². The Morgan fingerprint density at radius 1 is 1.52 bits per heavy atom. The van der Waals surface area contributed by atoms with E-state index in [4.69, 9.17) is 5.73 Å². The third-order valence-electron chi connectivity index (χ3n) is 5.87. The maximum atomic E-state index is 12.6. The topological polar surface area (TPSA) is 72.9 Å². The number of nitrogens with two attached hydrogens (primary N) is 1. The van der Waals surface area contributed by atoms with Crippen molar-refractivity contribution in [2.45, 2.75) is 59.5 Å². The molecule has 5 heteroatoms. The molecular formula is C16H26N4O. The van der Waals surface area contributed by atoms with Gasteiger partial charge < -0.3 is 11.1 Å². The first-order valence-corrected chi connectivity index (χ1v) is 7.91. The Hall–Kier alpha value is -1.52. The highest BCUT2D eigenvalue weighted by molar-refractivity contribution is 5.97. The number of hydrogen-bond donors (Lipinski definition) is 2. The lowest BCUT2D eigenvalue weighted by Gasteiger charge is -2.43. The van der Waals surface area contributed by atoms with Crippen molar-refractivity contribution in [2.24, 2.45) is 16.7 Å². The van der Waals surface area contributed by atoms with Crippen LogP contribution in [0.2, 0.25) is 0 Å². The van der Waals surface area contributed by atoms with E-state index in [2.05, 4.69) is 31.2 Å². The number of aromatic nitrogens is 2. The molecule has 5 nitrogen and oxygen atoms in total. The Labute approximate surface area is 126 Å². The molecule has 1 amide bonds. The Balaban J connectivity index is 1.83. The zero-order valence-electron chi connectivity index (χ0n) is 13.4. The number of amides is 1. The van der Waals surface area contributed by atoms with Gasteiger partial charge in [0.2, 0.25) is 0 Å². The molecule has 0 radical (unpaired) electrons. The highest BCUT2D eigenvalue weighted by Crippen LogP contribution is 2.62. The average Bonchev–Trinajstić information content (AvgIpc) is 3.03. The number of carbonyl (C=O) groups is 1. The van der Waals surface area contributed by atoms with Crippen molar-refractivity contribution in [1.29, 1.82) is 0 Å². The van der Waals surface area contributed by atoms with Crippen molar-refractivity contribution in [3.8, 4) is 0 Å². The summed E-state index contributed by atoms with van der Waals surface area (Å²) in [7, 11) is 0. The van der Waals surface area contributed by atoms with Crippen LogP contribution in [0.25, 0.3) is 0 Å². The van der Waals surface area contributed by atoms with Crippen LogP contribution in [-0.2, 0) is 6.54 Å². The minimum absolute atomic E-state index is 0.133. The molecule has 0 aromatic carbocycles. The first kappa shape index (κ1) is 14.4. The van der Waals surface area contributed by atoms with E-state index in [1.165, 1.54) is 19.3 Å². The Morgan fingerprint density at radius 2 is 2.24 bits per heavy atom. The molecule has 2 aliphatic carbocycles. The summed E-state index contributed by atoms with van der Waals surface area (Å²) >= 11 is 0. The number of nitrogens with zero attached hydrogens (tertiary/aromatic N) is 2. The molecule has 2 aliphatic rings. The quantitative estimate of drug-likeness (QED) is 0.898. The molecule has 1 aromatic rings. The lowest BCUT2D eigenvalue weighted by Crippen LogP contribution is -2.52. The predicted molar refractivity (Wildman–Crippen MR) is 82.8 cm³/mol. The monoisotopic (exact) mass is 290 g/mol. The zero-order chi connectivity index (χ0) is 15.4. The number of anilines is 1. The van der Waals surface area contributed by atoms with Crippen LogP contribution >= 0.6 is 0 Å². The molecule has 116 valence electrons. The zero-order valence-corrected chi connectivity index (χ0v) is 13.4. The fourth-order valence-corrected chi connectivity index (χ4v) is 4.64. The first-order valence-electron chi connectivity index (χ1n) is 7.91. The van der Waals surface area contributed by atoms with E-state index in [1.807, 2.05) is 6.92 Å². The summed E-state index contributed by atoms with van der Waals surface area (Å²) in [6, 6.07) is 0.197. The summed E-state index contributed by atoms with van der Waals surface area (Å²) in [5, 5.41) is 7.52.